The SMILES string of the molecule is C[C@H](N)C(=O)N[C@H](CCC(=O)C[C@H](CSC[C@H](N)C(=O)O)C(=O)N[C@H](C)C(=O)O)C(=O)O. The smallest absolute Gasteiger partial charge is 0.326 e. The molecule has 0 saturated heterocycles. The molecule has 0 heterocycles. The predicted octanol–water partition coefficient (Wildman–Crippen LogP) is -2.01. The minimum absolute atomic E-state index is 0.00528. The topological polar surface area (TPSA) is 239 Å². The van der Waals surface area contributed by atoms with Crippen molar-refractivity contribution in [2.75, 3.05) is 11.5 Å². The lowest BCUT2D eigenvalue weighted by molar-refractivity contribution is -0.142. The first kappa shape index (κ1) is 29.3. The van der Waals surface area contributed by atoms with Gasteiger partial charge < -0.3 is 37.4 Å². The molecule has 0 rings (SSSR count). The highest BCUT2D eigenvalue weighted by molar-refractivity contribution is 7.99. The van der Waals surface area contributed by atoms with E-state index in [4.69, 9.17) is 21.7 Å². The quantitative estimate of drug-likeness (QED) is 0.127. The molecule has 0 unspecified atom stereocenters. The van der Waals surface area contributed by atoms with E-state index in [1.54, 1.807) is 0 Å². The number of Topliss-reactive ketones (excluding diaryl/α,β-unsaturated/α-hetero) is 1. The normalized spacial score (nSPS) is 15.5. The van der Waals surface area contributed by atoms with Gasteiger partial charge in [-0.3, -0.25) is 24.0 Å². The Kier molecular flexibility index (Phi) is 13.2. The van der Waals surface area contributed by atoms with Gasteiger partial charge in [0.25, 0.3) is 0 Å². The molecule has 32 heavy (non-hydrogen) atoms. The van der Waals surface area contributed by atoms with Gasteiger partial charge in [-0.1, -0.05) is 0 Å². The van der Waals surface area contributed by atoms with Crippen LogP contribution in [0.2, 0.25) is 0 Å². The molecule has 2 amide bonds. The first-order valence-electron chi connectivity index (χ1n) is 9.66. The van der Waals surface area contributed by atoms with E-state index in [0.29, 0.717) is 0 Å². The molecule has 182 valence electrons. The number of nitrogens with two attached hydrogens (primary N) is 2. The molecule has 13 nitrogen and oxygen atoms in total. The highest BCUT2D eigenvalue weighted by atomic mass is 32.2. The van der Waals surface area contributed by atoms with Crippen molar-refractivity contribution in [3.8, 4) is 0 Å². The van der Waals surface area contributed by atoms with Crippen LogP contribution in [0.25, 0.3) is 0 Å². The van der Waals surface area contributed by atoms with Crippen molar-refractivity contribution < 1.29 is 44.1 Å². The maximum absolute atomic E-state index is 12.4. The number of thioether (sulfide) groups is 1. The Morgan fingerprint density at radius 1 is 0.844 bits per heavy atom. The summed E-state index contributed by atoms with van der Waals surface area (Å²) in [5, 5.41) is 31.4. The number of carbonyl (C=O) groups excluding carboxylic acids is 3. The van der Waals surface area contributed by atoms with Gasteiger partial charge in [0.15, 0.2) is 0 Å². The largest absolute Gasteiger partial charge is 0.480 e. The second-order valence-corrected chi connectivity index (χ2v) is 8.29. The van der Waals surface area contributed by atoms with E-state index in [1.807, 2.05) is 0 Å². The second kappa shape index (κ2) is 14.4. The molecule has 0 fully saturated rings. The molecule has 0 radical (unpaired) electrons. The van der Waals surface area contributed by atoms with Crippen molar-refractivity contribution >= 4 is 47.3 Å². The molecule has 14 heteroatoms. The summed E-state index contributed by atoms with van der Waals surface area (Å²) in [6.45, 7) is 2.61. The van der Waals surface area contributed by atoms with Gasteiger partial charge in [-0.15, -0.1) is 0 Å². The van der Waals surface area contributed by atoms with Crippen molar-refractivity contribution in [1.29, 1.82) is 0 Å². The molecule has 0 aromatic heterocycles. The minimum atomic E-state index is -1.35. The molecule has 9 N–H and O–H groups in total. The van der Waals surface area contributed by atoms with Crippen LogP contribution in [0.1, 0.15) is 33.1 Å². The Morgan fingerprint density at radius 2 is 1.44 bits per heavy atom. The van der Waals surface area contributed by atoms with Crippen molar-refractivity contribution in [1.82, 2.24) is 10.6 Å². The van der Waals surface area contributed by atoms with Gasteiger partial charge in [-0.2, -0.15) is 11.8 Å². The molecule has 0 aromatic carbocycles. The van der Waals surface area contributed by atoms with E-state index in [2.05, 4.69) is 10.6 Å². The number of ketones is 1. The summed E-state index contributed by atoms with van der Waals surface area (Å²) in [5.74, 6) is -6.80. The Hall–Kier alpha value is -2.71. The number of rotatable bonds is 16. The molecule has 0 aliphatic rings. The molecule has 5 atom stereocenters. The molecule has 0 aliphatic carbocycles. The fraction of sp³-hybridized carbons (Fsp3) is 0.667. The van der Waals surface area contributed by atoms with Gasteiger partial charge in [0.05, 0.1) is 12.0 Å². The van der Waals surface area contributed by atoms with Gasteiger partial charge in [0, 0.05) is 24.3 Å². The van der Waals surface area contributed by atoms with E-state index in [0.717, 1.165) is 11.8 Å². The van der Waals surface area contributed by atoms with Crippen LogP contribution in [0, 0.1) is 5.92 Å². The highest BCUT2D eigenvalue weighted by Gasteiger charge is 2.27. The molecule has 0 bridgehead atoms. The van der Waals surface area contributed by atoms with Crippen molar-refractivity contribution in [2.24, 2.45) is 17.4 Å². The lowest BCUT2D eigenvalue weighted by Crippen LogP contribution is -2.47. The van der Waals surface area contributed by atoms with E-state index in [1.165, 1.54) is 13.8 Å². The van der Waals surface area contributed by atoms with Crippen molar-refractivity contribution in [3.63, 3.8) is 0 Å². The lowest BCUT2D eigenvalue weighted by Gasteiger charge is -2.19. The summed E-state index contributed by atoms with van der Waals surface area (Å²) < 4.78 is 0. The van der Waals surface area contributed by atoms with Crippen LogP contribution in [0.3, 0.4) is 0 Å². The fourth-order valence-corrected chi connectivity index (χ4v) is 3.36. The van der Waals surface area contributed by atoms with E-state index < -0.39 is 65.6 Å². The number of amides is 2. The van der Waals surface area contributed by atoms with Gasteiger partial charge in [-0.05, 0) is 20.3 Å². The minimum Gasteiger partial charge on any atom is -0.480 e. The molecular formula is C18H30N4O9S. The Balaban J connectivity index is 5.05. The van der Waals surface area contributed by atoms with E-state index >= 15 is 0 Å². The number of carbonyl (C=O) groups is 6. The maximum atomic E-state index is 12.4. The van der Waals surface area contributed by atoms with Crippen LogP contribution in [0.5, 0.6) is 0 Å². The summed E-state index contributed by atoms with van der Waals surface area (Å²) in [6.07, 6.45) is -0.835. The lowest BCUT2D eigenvalue weighted by atomic mass is 9.98. The monoisotopic (exact) mass is 478 g/mol. The number of nitrogens with one attached hydrogen (secondary N) is 2. The van der Waals surface area contributed by atoms with Crippen LogP contribution in [-0.4, -0.2) is 86.5 Å². The molecule has 0 saturated carbocycles. The van der Waals surface area contributed by atoms with Crippen molar-refractivity contribution in [2.45, 2.75) is 57.3 Å². The summed E-state index contributed by atoms with van der Waals surface area (Å²) >= 11 is 1.01. The van der Waals surface area contributed by atoms with Gasteiger partial charge in [0.1, 0.15) is 23.9 Å². The van der Waals surface area contributed by atoms with Gasteiger partial charge in [-0.25, -0.2) is 4.79 Å². The standard InChI is InChI=1S/C18H30N4O9S/c1-8(19)14(24)22-13(18(30)31)4-3-11(23)5-10(6-32-7-12(20)17(28)29)15(25)21-9(2)16(26)27/h8-10,12-13H,3-7,19-20H2,1-2H3,(H,21,25)(H,22,24)(H,26,27)(H,28,29)(H,30,31)/t8-,9+,10+,12-,13+/m0/s1. The maximum Gasteiger partial charge on any atom is 0.326 e. The van der Waals surface area contributed by atoms with Gasteiger partial charge in [0.2, 0.25) is 11.8 Å². The molecule has 0 aliphatic heterocycles. The summed E-state index contributed by atoms with van der Waals surface area (Å²) in [6, 6.07) is -4.68. The average molecular weight is 479 g/mol. The van der Waals surface area contributed by atoms with Crippen LogP contribution < -0.4 is 22.1 Å². The molecule has 0 aromatic rings. The van der Waals surface area contributed by atoms with Crippen molar-refractivity contribution in [3.05, 3.63) is 0 Å². The third-order valence-electron chi connectivity index (χ3n) is 4.25. The average Bonchev–Trinajstić information content (AvgIpc) is 2.69. The second-order valence-electron chi connectivity index (χ2n) is 7.22. The number of aliphatic carboxylic acids is 3. The number of hydrogen-bond donors (Lipinski definition) is 7. The number of hydrogen-bond acceptors (Lipinski definition) is 9. The van der Waals surface area contributed by atoms with Crippen LogP contribution in [0.4, 0.5) is 0 Å². The van der Waals surface area contributed by atoms with Crippen LogP contribution in [-0.2, 0) is 28.8 Å². The van der Waals surface area contributed by atoms with Crippen LogP contribution in [0.15, 0.2) is 0 Å². The van der Waals surface area contributed by atoms with Gasteiger partial charge >= 0.3 is 17.9 Å². The first-order valence-corrected chi connectivity index (χ1v) is 10.8. The zero-order valence-electron chi connectivity index (χ0n) is 17.8. The Bertz CT molecular complexity index is 717. The third-order valence-corrected chi connectivity index (χ3v) is 5.48. The van der Waals surface area contributed by atoms with E-state index in [9.17, 15) is 33.9 Å². The number of carboxylic acid groups (broad SMARTS) is 3. The third kappa shape index (κ3) is 11.6. The zero-order valence-corrected chi connectivity index (χ0v) is 18.6. The first-order chi connectivity index (χ1) is 14.8. The summed E-state index contributed by atoms with van der Waals surface area (Å²) in [7, 11) is 0. The summed E-state index contributed by atoms with van der Waals surface area (Å²) in [4.78, 5) is 69.5. The molecule has 0 spiro atoms. The summed E-state index contributed by atoms with van der Waals surface area (Å²) in [5.41, 5.74) is 10.8. The predicted molar refractivity (Wildman–Crippen MR) is 114 cm³/mol. The highest BCUT2D eigenvalue weighted by Crippen LogP contribution is 2.16. The van der Waals surface area contributed by atoms with Crippen LogP contribution >= 0.6 is 11.8 Å². The fourth-order valence-electron chi connectivity index (χ4n) is 2.27. The Labute approximate surface area is 188 Å². The zero-order chi connectivity index (χ0) is 25.0. The Morgan fingerprint density at radius 3 is 1.91 bits per heavy atom. The molecular weight excluding hydrogens is 448 g/mol. The van der Waals surface area contributed by atoms with E-state index in [-0.39, 0.29) is 30.8 Å². The number of carboxylic acids is 3.